The number of hydrogen-bond donors (Lipinski definition) is 1. The van der Waals surface area contributed by atoms with Gasteiger partial charge in [0.2, 0.25) is 0 Å². The van der Waals surface area contributed by atoms with E-state index in [0.717, 1.165) is 18.0 Å². The van der Waals surface area contributed by atoms with Crippen LogP contribution in [0.2, 0.25) is 0 Å². The van der Waals surface area contributed by atoms with Gasteiger partial charge in [-0.05, 0) is 19.1 Å². The molecule has 2 aromatic heterocycles. The number of nitrogens with one attached hydrogen (secondary N) is 1. The minimum atomic E-state index is -4.39. The van der Waals surface area contributed by atoms with Gasteiger partial charge in [-0.1, -0.05) is 12.2 Å². The highest BCUT2D eigenvalue weighted by molar-refractivity contribution is 7.71. The number of aromatic nitrogens is 2. The molecule has 0 saturated carbocycles. The highest BCUT2D eigenvalue weighted by atomic mass is 32.1. The van der Waals surface area contributed by atoms with Crippen molar-refractivity contribution in [3.8, 4) is 0 Å². The summed E-state index contributed by atoms with van der Waals surface area (Å²) >= 11 is 4.96. The monoisotopic (exact) mass is 244 g/mol. The van der Waals surface area contributed by atoms with Crippen molar-refractivity contribution in [2.24, 2.45) is 0 Å². The van der Waals surface area contributed by atoms with Crippen molar-refractivity contribution in [1.82, 2.24) is 9.97 Å². The van der Waals surface area contributed by atoms with Crippen LogP contribution in [-0.2, 0) is 6.18 Å². The molecule has 0 amide bonds. The summed E-state index contributed by atoms with van der Waals surface area (Å²) in [5, 5.41) is 0.315. The molecule has 0 unspecified atom stereocenters. The number of halogens is 3. The molecular weight excluding hydrogens is 237 g/mol. The molecule has 0 bridgehead atoms. The van der Waals surface area contributed by atoms with Crippen LogP contribution < -0.4 is 0 Å². The Bertz CT molecular complexity index is 601. The Morgan fingerprint density at radius 1 is 1.31 bits per heavy atom. The Morgan fingerprint density at radius 3 is 2.62 bits per heavy atom. The van der Waals surface area contributed by atoms with Crippen molar-refractivity contribution in [3.63, 3.8) is 0 Å². The number of pyridine rings is 2. The third-order valence-electron chi connectivity index (χ3n) is 2.15. The number of rotatable bonds is 0. The Hall–Kier alpha value is -1.43. The standard InChI is InChI=1S/C10H7F3N2S/c1-5-2-8-7(9(16)15-5)3-6(4-14-8)10(11,12)13/h2-4H,1H3,(H,15,16). The lowest BCUT2D eigenvalue weighted by Gasteiger charge is -2.07. The molecule has 2 nitrogen and oxygen atoms in total. The molecule has 16 heavy (non-hydrogen) atoms. The first-order valence-electron chi connectivity index (χ1n) is 4.45. The molecule has 0 aliphatic heterocycles. The summed E-state index contributed by atoms with van der Waals surface area (Å²) in [7, 11) is 0. The Morgan fingerprint density at radius 2 is 2.00 bits per heavy atom. The quantitative estimate of drug-likeness (QED) is 0.717. The van der Waals surface area contributed by atoms with Crippen LogP contribution in [0, 0.1) is 11.6 Å². The summed E-state index contributed by atoms with van der Waals surface area (Å²) in [5.74, 6) is 0. The van der Waals surface area contributed by atoms with Crippen LogP contribution >= 0.6 is 12.2 Å². The molecule has 0 saturated heterocycles. The van der Waals surface area contributed by atoms with Gasteiger partial charge in [-0.3, -0.25) is 4.98 Å². The zero-order valence-corrected chi connectivity index (χ0v) is 9.04. The van der Waals surface area contributed by atoms with E-state index in [1.54, 1.807) is 13.0 Å². The second-order valence-electron chi connectivity index (χ2n) is 3.44. The summed E-state index contributed by atoms with van der Waals surface area (Å²) in [5.41, 5.74) is 0.447. The lowest BCUT2D eigenvalue weighted by atomic mass is 10.2. The Labute approximate surface area is 94.1 Å². The van der Waals surface area contributed by atoms with Gasteiger partial charge in [-0.2, -0.15) is 13.2 Å². The van der Waals surface area contributed by atoms with Gasteiger partial charge in [-0.25, -0.2) is 0 Å². The van der Waals surface area contributed by atoms with E-state index in [1.807, 2.05) is 0 Å². The number of H-pyrrole nitrogens is 1. The number of fused-ring (bicyclic) bond motifs is 1. The fourth-order valence-electron chi connectivity index (χ4n) is 1.41. The Kier molecular flexibility index (Phi) is 2.46. The summed E-state index contributed by atoms with van der Waals surface area (Å²) < 4.78 is 37.6. The van der Waals surface area contributed by atoms with Crippen molar-refractivity contribution in [2.75, 3.05) is 0 Å². The number of nitrogens with zero attached hydrogens (tertiary/aromatic N) is 1. The van der Waals surface area contributed by atoms with E-state index in [2.05, 4.69) is 9.97 Å². The molecule has 2 aromatic rings. The van der Waals surface area contributed by atoms with Crippen LogP contribution in [0.1, 0.15) is 11.3 Å². The second kappa shape index (κ2) is 3.55. The number of hydrogen-bond acceptors (Lipinski definition) is 2. The van der Waals surface area contributed by atoms with Gasteiger partial charge in [0, 0.05) is 17.3 Å². The largest absolute Gasteiger partial charge is 0.417 e. The van der Waals surface area contributed by atoms with E-state index >= 15 is 0 Å². The van der Waals surface area contributed by atoms with Crippen molar-refractivity contribution in [3.05, 3.63) is 34.2 Å². The third kappa shape index (κ3) is 1.92. The van der Waals surface area contributed by atoms with Crippen molar-refractivity contribution < 1.29 is 13.2 Å². The van der Waals surface area contributed by atoms with E-state index in [9.17, 15) is 13.2 Å². The number of aromatic amines is 1. The Balaban J connectivity index is 2.77. The van der Waals surface area contributed by atoms with Crippen molar-refractivity contribution in [2.45, 2.75) is 13.1 Å². The maximum Gasteiger partial charge on any atom is 0.417 e. The number of alkyl halides is 3. The predicted molar refractivity (Wildman–Crippen MR) is 56.7 cm³/mol. The fraction of sp³-hybridized carbons (Fsp3) is 0.200. The predicted octanol–water partition coefficient (Wildman–Crippen LogP) is 3.62. The molecule has 84 valence electrons. The van der Waals surface area contributed by atoms with E-state index < -0.39 is 11.7 Å². The molecular formula is C10H7F3N2S. The lowest BCUT2D eigenvalue weighted by molar-refractivity contribution is -0.137. The van der Waals surface area contributed by atoms with Gasteiger partial charge in [-0.15, -0.1) is 0 Å². The molecule has 0 atom stereocenters. The minimum absolute atomic E-state index is 0.272. The zero-order chi connectivity index (χ0) is 11.9. The topological polar surface area (TPSA) is 28.7 Å². The molecule has 0 aliphatic carbocycles. The smallest absolute Gasteiger partial charge is 0.350 e. The van der Waals surface area contributed by atoms with Crippen molar-refractivity contribution in [1.29, 1.82) is 0 Å². The molecule has 2 heterocycles. The summed E-state index contributed by atoms with van der Waals surface area (Å²) in [6.45, 7) is 1.77. The highest BCUT2D eigenvalue weighted by Gasteiger charge is 2.31. The van der Waals surface area contributed by atoms with Crippen LogP contribution in [-0.4, -0.2) is 9.97 Å². The van der Waals surface area contributed by atoms with Crippen LogP contribution in [0.4, 0.5) is 13.2 Å². The van der Waals surface area contributed by atoms with Gasteiger partial charge in [0.15, 0.2) is 0 Å². The van der Waals surface area contributed by atoms with Crippen LogP contribution in [0.5, 0.6) is 0 Å². The third-order valence-corrected chi connectivity index (χ3v) is 2.48. The van der Waals surface area contributed by atoms with Crippen LogP contribution in [0.25, 0.3) is 10.9 Å². The summed E-state index contributed by atoms with van der Waals surface area (Å²) in [6, 6.07) is 2.67. The second-order valence-corrected chi connectivity index (χ2v) is 3.84. The average molecular weight is 244 g/mol. The normalized spacial score (nSPS) is 12.0. The fourth-order valence-corrected chi connectivity index (χ4v) is 1.74. The molecule has 0 fully saturated rings. The van der Waals surface area contributed by atoms with Gasteiger partial charge >= 0.3 is 6.18 Å². The highest BCUT2D eigenvalue weighted by Crippen LogP contribution is 2.30. The molecule has 1 N–H and O–H groups in total. The molecule has 2 rings (SSSR count). The van der Waals surface area contributed by atoms with Gasteiger partial charge in [0.05, 0.1) is 11.1 Å². The van der Waals surface area contributed by atoms with E-state index in [1.165, 1.54) is 0 Å². The average Bonchev–Trinajstić information content (AvgIpc) is 2.15. The molecule has 0 aromatic carbocycles. The van der Waals surface area contributed by atoms with Gasteiger partial charge in [0.1, 0.15) is 4.64 Å². The van der Waals surface area contributed by atoms with E-state index in [-0.39, 0.29) is 4.64 Å². The first kappa shape index (κ1) is 11.1. The zero-order valence-electron chi connectivity index (χ0n) is 8.22. The first-order valence-corrected chi connectivity index (χ1v) is 4.85. The first-order chi connectivity index (χ1) is 7.38. The number of aryl methyl sites for hydroxylation is 1. The molecule has 0 radical (unpaired) electrons. The summed E-state index contributed by atoms with van der Waals surface area (Å²) in [6.07, 6.45) is -3.58. The van der Waals surface area contributed by atoms with Crippen LogP contribution in [0.3, 0.4) is 0 Å². The minimum Gasteiger partial charge on any atom is -0.350 e. The van der Waals surface area contributed by atoms with Gasteiger partial charge in [0.25, 0.3) is 0 Å². The SMILES string of the molecule is Cc1cc2ncc(C(F)(F)F)cc2c(=S)[nH]1. The molecule has 0 spiro atoms. The lowest BCUT2D eigenvalue weighted by Crippen LogP contribution is -2.05. The van der Waals surface area contributed by atoms with E-state index in [4.69, 9.17) is 12.2 Å². The molecule has 0 aliphatic rings. The maximum absolute atomic E-state index is 12.4. The maximum atomic E-state index is 12.4. The van der Waals surface area contributed by atoms with Crippen molar-refractivity contribution >= 4 is 23.1 Å². The van der Waals surface area contributed by atoms with E-state index in [0.29, 0.717) is 10.9 Å². The van der Waals surface area contributed by atoms with Crippen LogP contribution in [0.15, 0.2) is 18.3 Å². The van der Waals surface area contributed by atoms with Gasteiger partial charge < -0.3 is 4.98 Å². The summed E-state index contributed by atoms with van der Waals surface area (Å²) in [4.78, 5) is 6.56. The molecule has 6 heteroatoms.